The molecule has 2 aromatic rings. The van der Waals surface area contributed by atoms with Crippen LogP contribution >= 0.6 is 22.7 Å². The second-order valence-electron chi connectivity index (χ2n) is 4.08. The average molecular weight is 321 g/mol. The molecule has 0 saturated heterocycles. The molecule has 2 aromatic heterocycles. The lowest BCUT2D eigenvalue weighted by atomic mass is 10.3. The first-order valence-corrected chi connectivity index (χ1v) is 7.35. The lowest BCUT2D eigenvalue weighted by Gasteiger charge is -2.02. The number of carboxylic acid groups (broad SMARTS) is 1. The maximum atomic E-state index is 12.1. The van der Waals surface area contributed by atoms with Gasteiger partial charge < -0.3 is 5.11 Å². The minimum Gasteiger partial charge on any atom is -0.481 e. The number of hydrogen-bond acceptors (Lipinski definition) is 4. The van der Waals surface area contributed by atoms with E-state index in [1.54, 1.807) is 17.5 Å². The fourth-order valence-corrected chi connectivity index (χ4v) is 3.38. The third-order valence-electron chi connectivity index (χ3n) is 2.41. The Hall–Kier alpha value is -1.41. The summed E-state index contributed by atoms with van der Waals surface area (Å²) in [5.74, 6) is -0.914. The predicted octanol–water partition coefficient (Wildman–Crippen LogP) is 3.99. The Labute approximate surface area is 120 Å². The highest BCUT2D eigenvalue weighted by Gasteiger charge is 2.27. The van der Waals surface area contributed by atoms with Gasteiger partial charge in [0.25, 0.3) is 0 Å². The van der Waals surface area contributed by atoms with E-state index in [2.05, 4.69) is 4.98 Å². The maximum Gasteiger partial charge on any atom is 0.389 e. The Morgan fingerprint density at radius 3 is 2.75 bits per heavy atom. The van der Waals surface area contributed by atoms with Gasteiger partial charge in [0.05, 0.1) is 22.0 Å². The van der Waals surface area contributed by atoms with Crippen LogP contribution in [0, 0.1) is 0 Å². The Morgan fingerprint density at radius 1 is 1.35 bits per heavy atom. The van der Waals surface area contributed by atoms with Gasteiger partial charge in [0.2, 0.25) is 0 Å². The smallest absolute Gasteiger partial charge is 0.389 e. The number of rotatable bonds is 5. The molecule has 0 bridgehead atoms. The quantitative estimate of drug-likeness (QED) is 0.906. The maximum absolute atomic E-state index is 12.1. The van der Waals surface area contributed by atoms with Crippen LogP contribution in [0.2, 0.25) is 0 Å². The molecular formula is C12H10F3NO2S2. The minimum absolute atomic E-state index is 0.0598. The van der Waals surface area contributed by atoms with Crippen molar-refractivity contribution < 1.29 is 23.1 Å². The minimum atomic E-state index is -4.18. The second-order valence-corrected chi connectivity index (χ2v) is 6.19. The van der Waals surface area contributed by atoms with Crippen molar-refractivity contribution in [3.63, 3.8) is 0 Å². The number of thiazole rings is 1. The summed E-state index contributed by atoms with van der Waals surface area (Å²) in [6, 6.07) is 3.44. The summed E-state index contributed by atoms with van der Waals surface area (Å²) in [5.41, 5.74) is 0.605. The Balaban J connectivity index is 2.05. The molecule has 0 aliphatic heterocycles. The number of aliphatic carboxylic acids is 1. The topological polar surface area (TPSA) is 50.2 Å². The molecule has 0 aliphatic carbocycles. The summed E-state index contributed by atoms with van der Waals surface area (Å²) < 4.78 is 36.4. The zero-order valence-corrected chi connectivity index (χ0v) is 11.7. The Bertz CT molecular complexity index is 604. The SMILES string of the molecule is O=C(O)Cc1ccc(-c2csc(CCC(F)(F)F)n2)s1. The van der Waals surface area contributed by atoms with Crippen LogP contribution in [0.5, 0.6) is 0 Å². The van der Waals surface area contributed by atoms with E-state index in [-0.39, 0.29) is 12.8 Å². The van der Waals surface area contributed by atoms with Crippen LogP contribution in [0.25, 0.3) is 10.6 Å². The molecule has 1 N–H and O–H groups in total. The number of halogens is 3. The zero-order chi connectivity index (χ0) is 14.8. The van der Waals surface area contributed by atoms with Crippen molar-refractivity contribution in [1.82, 2.24) is 4.98 Å². The molecule has 0 saturated carbocycles. The standard InChI is InChI=1S/C12H10F3NO2S2/c13-12(14,15)4-3-10-16-8(6-19-10)9-2-1-7(20-9)5-11(17)18/h1-2,6H,3-5H2,(H,17,18). The summed E-state index contributed by atoms with van der Waals surface area (Å²) in [5, 5.41) is 10.8. The molecular weight excluding hydrogens is 311 g/mol. The molecule has 0 spiro atoms. The molecule has 0 fully saturated rings. The number of carbonyl (C=O) groups is 1. The number of carboxylic acids is 1. The third-order valence-corrected chi connectivity index (χ3v) is 4.43. The van der Waals surface area contributed by atoms with E-state index >= 15 is 0 Å². The average Bonchev–Trinajstić information content (AvgIpc) is 2.92. The van der Waals surface area contributed by atoms with Crippen molar-refractivity contribution in [3.05, 3.63) is 27.4 Å². The molecule has 0 aromatic carbocycles. The monoisotopic (exact) mass is 321 g/mol. The fraction of sp³-hybridized carbons (Fsp3) is 0.333. The predicted molar refractivity (Wildman–Crippen MR) is 71.1 cm³/mol. The molecule has 108 valence electrons. The largest absolute Gasteiger partial charge is 0.481 e. The number of thiophene rings is 1. The van der Waals surface area contributed by atoms with Crippen LogP contribution < -0.4 is 0 Å². The number of hydrogen-bond donors (Lipinski definition) is 1. The van der Waals surface area contributed by atoms with Crippen LogP contribution in [-0.2, 0) is 17.6 Å². The van der Waals surface area contributed by atoms with Crippen molar-refractivity contribution in [1.29, 1.82) is 0 Å². The highest BCUT2D eigenvalue weighted by Crippen LogP contribution is 2.31. The van der Waals surface area contributed by atoms with Crippen LogP contribution in [0.15, 0.2) is 17.5 Å². The van der Waals surface area contributed by atoms with Crippen molar-refractivity contribution in [3.8, 4) is 10.6 Å². The van der Waals surface area contributed by atoms with Gasteiger partial charge in [-0.15, -0.1) is 22.7 Å². The van der Waals surface area contributed by atoms with E-state index in [0.29, 0.717) is 15.6 Å². The number of alkyl halides is 3. The van der Waals surface area contributed by atoms with E-state index in [9.17, 15) is 18.0 Å². The molecule has 2 heterocycles. The van der Waals surface area contributed by atoms with Gasteiger partial charge in [-0.1, -0.05) is 0 Å². The van der Waals surface area contributed by atoms with Crippen LogP contribution in [0.1, 0.15) is 16.3 Å². The number of nitrogens with zero attached hydrogens (tertiary/aromatic N) is 1. The zero-order valence-electron chi connectivity index (χ0n) is 10.1. The lowest BCUT2D eigenvalue weighted by molar-refractivity contribution is -0.136. The lowest BCUT2D eigenvalue weighted by Crippen LogP contribution is -2.08. The van der Waals surface area contributed by atoms with E-state index in [1.165, 1.54) is 22.7 Å². The summed E-state index contributed by atoms with van der Waals surface area (Å²) in [4.78, 5) is 16.2. The van der Waals surface area contributed by atoms with Crippen LogP contribution in [0.3, 0.4) is 0 Å². The highest BCUT2D eigenvalue weighted by molar-refractivity contribution is 7.16. The van der Waals surface area contributed by atoms with Gasteiger partial charge >= 0.3 is 12.1 Å². The number of aryl methyl sites for hydroxylation is 1. The molecule has 0 aliphatic rings. The fourth-order valence-electron chi connectivity index (χ4n) is 1.55. The van der Waals surface area contributed by atoms with Crippen LogP contribution in [0.4, 0.5) is 13.2 Å². The van der Waals surface area contributed by atoms with E-state index in [0.717, 1.165) is 4.88 Å². The first-order chi connectivity index (χ1) is 9.33. The summed E-state index contributed by atoms with van der Waals surface area (Å²) in [7, 11) is 0. The van der Waals surface area contributed by atoms with E-state index < -0.39 is 18.6 Å². The first-order valence-electron chi connectivity index (χ1n) is 5.65. The van der Waals surface area contributed by atoms with Gasteiger partial charge in [-0.3, -0.25) is 4.79 Å². The van der Waals surface area contributed by atoms with Gasteiger partial charge in [-0.25, -0.2) is 4.98 Å². The van der Waals surface area contributed by atoms with Crippen molar-refractivity contribution >= 4 is 28.6 Å². The van der Waals surface area contributed by atoms with Gasteiger partial charge in [0.15, 0.2) is 0 Å². The van der Waals surface area contributed by atoms with Gasteiger partial charge in [0.1, 0.15) is 0 Å². The number of aromatic nitrogens is 1. The summed E-state index contributed by atoms with van der Waals surface area (Å²) >= 11 is 2.48. The molecule has 8 heteroatoms. The molecule has 20 heavy (non-hydrogen) atoms. The molecule has 2 rings (SSSR count). The van der Waals surface area contributed by atoms with Crippen molar-refractivity contribution in [2.75, 3.05) is 0 Å². The van der Waals surface area contributed by atoms with Crippen LogP contribution in [-0.4, -0.2) is 22.2 Å². The first kappa shape index (κ1) is 15.0. The van der Waals surface area contributed by atoms with E-state index in [4.69, 9.17) is 5.11 Å². The van der Waals surface area contributed by atoms with E-state index in [1.807, 2.05) is 0 Å². The Morgan fingerprint density at radius 2 is 2.10 bits per heavy atom. The highest BCUT2D eigenvalue weighted by atomic mass is 32.1. The van der Waals surface area contributed by atoms with Gasteiger partial charge in [0, 0.05) is 23.1 Å². The summed E-state index contributed by atoms with van der Waals surface area (Å²) in [6.45, 7) is 0. The molecule has 0 amide bonds. The second kappa shape index (κ2) is 5.92. The Kier molecular flexibility index (Phi) is 4.44. The molecule has 3 nitrogen and oxygen atoms in total. The molecule has 0 unspecified atom stereocenters. The van der Waals surface area contributed by atoms with Crippen molar-refractivity contribution in [2.45, 2.75) is 25.4 Å². The molecule has 0 radical (unpaired) electrons. The van der Waals surface area contributed by atoms with Crippen molar-refractivity contribution in [2.24, 2.45) is 0 Å². The summed E-state index contributed by atoms with van der Waals surface area (Å²) in [6.07, 6.45) is -5.24. The third kappa shape index (κ3) is 4.31. The van der Waals surface area contributed by atoms with Gasteiger partial charge in [-0.2, -0.15) is 13.2 Å². The molecule has 0 atom stereocenters. The van der Waals surface area contributed by atoms with Gasteiger partial charge in [-0.05, 0) is 12.1 Å². The normalized spacial score (nSPS) is 11.8.